The zero-order valence-electron chi connectivity index (χ0n) is 9.36. The first-order valence-corrected chi connectivity index (χ1v) is 6.58. The number of hydrogen-bond acceptors (Lipinski definition) is 4. The Bertz CT molecular complexity index is 430. The summed E-state index contributed by atoms with van der Waals surface area (Å²) in [5.74, 6) is 0.475. The average Bonchev–Trinajstić information content (AvgIpc) is 2.62. The molecule has 0 aromatic carbocycles. The Morgan fingerprint density at radius 3 is 3.06 bits per heavy atom. The molecule has 3 heterocycles. The van der Waals surface area contributed by atoms with Gasteiger partial charge in [-0.3, -0.25) is 10.00 Å². The molecule has 0 bridgehead atoms. The summed E-state index contributed by atoms with van der Waals surface area (Å²) in [6.45, 7) is 2.94. The van der Waals surface area contributed by atoms with Crippen molar-refractivity contribution in [1.82, 2.24) is 15.1 Å². The highest BCUT2D eigenvalue weighted by molar-refractivity contribution is 9.10. The smallest absolute Gasteiger partial charge is 0.134 e. The Labute approximate surface area is 108 Å². The van der Waals surface area contributed by atoms with E-state index in [1.807, 2.05) is 0 Å². The minimum atomic E-state index is 0.255. The van der Waals surface area contributed by atoms with Crippen LogP contribution < -0.4 is 0 Å². The number of hydrogen-bond donors (Lipinski definition) is 1. The molecule has 0 radical (unpaired) electrons. The first kappa shape index (κ1) is 11.4. The van der Waals surface area contributed by atoms with Gasteiger partial charge in [0.2, 0.25) is 0 Å². The van der Waals surface area contributed by atoms with Crippen LogP contribution in [-0.4, -0.2) is 47.7 Å². The predicted octanol–water partition coefficient (Wildman–Crippen LogP) is 0.917. The van der Waals surface area contributed by atoms with Crippen molar-refractivity contribution in [1.29, 1.82) is 0 Å². The molecule has 2 aliphatic heterocycles. The zero-order valence-corrected chi connectivity index (χ0v) is 10.9. The maximum absolute atomic E-state index is 10.8. The van der Waals surface area contributed by atoms with Gasteiger partial charge in [0.1, 0.15) is 10.9 Å². The number of carbonyl (C=O) groups is 1. The second-order valence-corrected chi connectivity index (χ2v) is 5.31. The summed E-state index contributed by atoms with van der Waals surface area (Å²) in [4.78, 5) is 13.0. The molecule has 2 aliphatic rings. The van der Waals surface area contributed by atoms with E-state index in [1.54, 1.807) is 0 Å². The van der Waals surface area contributed by atoms with E-state index in [2.05, 4.69) is 31.0 Å². The van der Waals surface area contributed by atoms with Gasteiger partial charge in [0.15, 0.2) is 0 Å². The molecule has 1 unspecified atom stereocenters. The molecule has 5 nitrogen and oxygen atoms in total. The van der Waals surface area contributed by atoms with Crippen molar-refractivity contribution in [3.63, 3.8) is 0 Å². The molecule has 1 aromatic heterocycles. The monoisotopic (exact) mass is 299 g/mol. The second kappa shape index (κ2) is 4.51. The number of ether oxygens (including phenoxy) is 1. The van der Waals surface area contributed by atoms with Crippen molar-refractivity contribution < 1.29 is 9.53 Å². The van der Waals surface area contributed by atoms with Gasteiger partial charge in [0.05, 0.1) is 19.8 Å². The van der Waals surface area contributed by atoms with Gasteiger partial charge < -0.3 is 9.53 Å². The van der Waals surface area contributed by atoms with E-state index in [0.29, 0.717) is 12.5 Å². The zero-order chi connectivity index (χ0) is 11.8. The molecule has 3 rings (SSSR count). The maximum Gasteiger partial charge on any atom is 0.134 e. The summed E-state index contributed by atoms with van der Waals surface area (Å²) in [7, 11) is 0. The Morgan fingerprint density at radius 2 is 2.41 bits per heavy atom. The fourth-order valence-electron chi connectivity index (χ4n) is 2.70. The van der Waals surface area contributed by atoms with Gasteiger partial charge in [-0.15, -0.1) is 0 Å². The van der Waals surface area contributed by atoms with Gasteiger partial charge in [0, 0.05) is 36.2 Å². The summed E-state index contributed by atoms with van der Waals surface area (Å²) in [6.07, 6.45) is 1.90. The number of aromatic amines is 1. The number of aldehydes is 1. The Morgan fingerprint density at radius 1 is 1.59 bits per heavy atom. The van der Waals surface area contributed by atoms with E-state index < -0.39 is 0 Å². The van der Waals surface area contributed by atoms with E-state index in [0.717, 1.165) is 37.1 Å². The van der Waals surface area contributed by atoms with Gasteiger partial charge in [-0.05, 0) is 15.9 Å². The number of nitrogens with one attached hydrogen (secondary N) is 1. The van der Waals surface area contributed by atoms with Crippen LogP contribution in [0.25, 0.3) is 0 Å². The van der Waals surface area contributed by atoms with Crippen LogP contribution in [0, 0.1) is 5.92 Å². The summed E-state index contributed by atoms with van der Waals surface area (Å²) in [6, 6.07) is 0.255. The lowest BCUT2D eigenvalue weighted by atomic mass is 9.87. The van der Waals surface area contributed by atoms with Crippen molar-refractivity contribution in [2.75, 3.05) is 26.3 Å². The summed E-state index contributed by atoms with van der Waals surface area (Å²) in [5.41, 5.74) is 2.40. The van der Waals surface area contributed by atoms with Gasteiger partial charge >= 0.3 is 0 Å². The average molecular weight is 300 g/mol. The molecule has 1 aromatic rings. The summed E-state index contributed by atoms with van der Waals surface area (Å²) >= 11 is 3.49. The third-order valence-corrected chi connectivity index (χ3v) is 4.20. The standard InChI is InChI=1S/C11H14BrN3O2/c12-11-9-8(13-14-11)1-2-15(3-4-16)10(9)7-5-17-6-7/h4,7,10H,1-3,5-6H2,(H,13,14). The van der Waals surface area contributed by atoms with Gasteiger partial charge in [-0.1, -0.05) is 0 Å². The Balaban J connectivity index is 1.96. The number of halogens is 1. The summed E-state index contributed by atoms with van der Waals surface area (Å²) in [5, 5.41) is 7.29. The largest absolute Gasteiger partial charge is 0.381 e. The van der Waals surface area contributed by atoms with Gasteiger partial charge in [-0.2, -0.15) is 5.10 Å². The molecule has 1 atom stereocenters. The van der Waals surface area contributed by atoms with Crippen LogP contribution in [-0.2, 0) is 16.0 Å². The third-order valence-electron chi connectivity index (χ3n) is 3.59. The van der Waals surface area contributed by atoms with Crippen molar-refractivity contribution in [2.24, 2.45) is 5.92 Å². The Kier molecular flexibility index (Phi) is 3.02. The van der Waals surface area contributed by atoms with E-state index in [1.165, 1.54) is 11.3 Å². The highest BCUT2D eigenvalue weighted by Gasteiger charge is 2.39. The molecule has 1 saturated heterocycles. The molecule has 92 valence electrons. The molecule has 17 heavy (non-hydrogen) atoms. The van der Waals surface area contributed by atoms with E-state index in [4.69, 9.17) is 4.74 Å². The van der Waals surface area contributed by atoms with E-state index in [9.17, 15) is 4.79 Å². The highest BCUT2D eigenvalue weighted by atomic mass is 79.9. The van der Waals surface area contributed by atoms with Crippen LogP contribution in [0.2, 0.25) is 0 Å². The highest BCUT2D eigenvalue weighted by Crippen LogP contribution is 2.40. The molecule has 0 amide bonds. The van der Waals surface area contributed by atoms with E-state index in [-0.39, 0.29) is 6.04 Å². The van der Waals surface area contributed by atoms with Crippen LogP contribution in [0.15, 0.2) is 4.60 Å². The number of aromatic nitrogens is 2. The number of rotatable bonds is 3. The minimum absolute atomic E-state index is 0.255. The molecule has 0 aliphatic carbocycles. The number of fused-ring (bicyclic) bond motifs is 1. The van der Waals surface area contributed by atoms with Crippen LogP contribution in [0.5, 0.6) is 0 Å². The first-order valence-electron chi connectivity index (χ1n) is 5.79. The van der Waals surface area contributed by atoms with Crippen molar-refractivity contribution in [3.05, 3.63) is 15.9 Å². The van der Waals surface area contributed by atoms with Crippen LogP contribution in [0.4, 0.5) is 0 Å². The number of H-pyrrole nitrogens is 1. The summed E-state index contributed by atoms with van der Waals surface area (Å²) < 4.78 is 6.16. The lowest BCUT2D eigenvalue weighted by Gasteiger charge is -2.42. The lowest BCUT2D eigenvalue weighted by molar-refractivity contribution is -0.113. The fraction of sp³-hybridized carbons (Fsp3) is 0.636. The number of carbonyl (C=O) groups excluding carboxylic acids is 1. The quantitative estimate of drug-likeness (QED) is 0.843. The predicted molar refractivity (Wildman–Crippen MR) is 64.7 cm³/mol. The van der Waals surface area contributed by atoms with Crippen molar-refractivity contribution in [2.45, 2.75) is 12.5 Å². The minimum Gasteiger partial charge on any atom is -0.381 e. The van der Waals surface area contributed by atoms with Crippen LogP contribution in [0.3, 0.4) is 0 Å². The molecular weight excluding hydrogens is 286 g/mol. The normalized spacial score (nSPS) is 25.4. The third kappa shape index (κ3) is 1.84. The fourth-order valence-corrected chi connectivity index (χ4v) is 3.26. The van der Waals surface area contributed by atoms with Crippen LogP contribution in [0.1, 0.15) is 17.3 Å². The van der Waals surface area contributed by atoms with Gasteiger partial charge in [-0.25, -0.2) is 0 Å². The SMILES string of the molecule is O=CCN1CCc2[nH]nc(Br)c2C1C1COC1. The topological polar surface area (TPSA) is 58.2 Å². The van der Waals surface area contributed by atoms with Crippen molar-refractivity contribution >= 4 is 22.2 Å². The molecule has 6 heteroatoms. The lowest BCUT2D eigenvalue weighted by Crippen LogP contribution is -2.46. The maximum atomic E-state index is 10.8. The molecule has 0 saturated carbocycles. The van der Waals surface area contributed by atoms with E-state index >= 15 is 0 Å². The van der Waals surface area contributed by atoms with Crippen molar-refractivity contribution in [3.8, 4) is 0 Å². The molecular formula is C11H14BrN3O2. The number of nitrogens with zero attached hydrogens (tertiary/aromatic N) is 2. The molecule has 1 N–H and O–H groups in total. The second-order valence-electron chi connectivity index (χ2n) is 4.56. The first-order chi connectivity index (χ1) is 8.31. The van der Waals surface area contributed by atoms with Crippen LogP contribution >= 0.6 is 15.9 Å². The van der Waals surface area contributed by atoms with Gasteiger partial charge in [0.25, 0.3) is 0 Å². The molecule has 0 spiro atoms. The Hall–Kier alpha value is -0.720. The molecule has 1 fully saturated rings.